The van der Waals surface area contributed by atoms with Gasteiger partial charge in [0.25, 0.3) is 0 Å². The third-order valence-electron chi connectivity index (χ3n) is 1.79. The predicted octanol–water partition coefficient (Wildman–Crippen LogP) is 2.18. The van der Waals surface area contributed by atoms with Crippen molar-refractivity contribution >= 4 is 22.6 Å². The fourth-order valence-corrected chi connectivity index (χ4v) is 1.63. The summed E-state index contributed by atoms with van der Waals surface area (Å²) in [4.78, 5) is 4.14. The number of rotatable bonds is 1. The molecular weight excluding hydrogens is 277 g/mol. The van der Waals surface area contributed by atoms with Crippen LogP contribution in [0.15, 0.2) is 30.9 Å². The molecular formula is C9H8IN3. The molecule has 0 spiro atoms. The Morgan fingerprint density at radius 2 is 2.23 bits per heavy atom. The first-order chi connectivity index (χ1) is 6.29. The molecule has 0 saturated heterocycles. The van der Waals surface area contributed by atoms with Gasteiger partial charge in [-0.3, -0.25) is 4.98 Å². The van der Waals surface area contributed by atoms with Gasteiger partial charge >= 0.3 is 0 Å². The van der Waals surface area contributed by atoms with E-state index >= 15 is 0 Å². The Labute approximate surface area is 89.9 Å². The Morgan fingerprint density at radius 1 is 1.38 bits per heavy atom. The fraction of sp³-hybridized carbons (Fsp3) is 0.111. The minimum atomic E-state index is 1.03. The van der Waals surface area contributed by atoms with E-state index in [1.807, 2.05) is 36.3 Å². The average Bonchev–Trinajstić information content (AvgIpc) is 2.62. The molecule has 0 aliphatic rings. The molecule has 0 radical (unpaired) electrons. The van der Waals surface area contributed by atoms with Crippen molar-refractivity contribution in [2.75, 3.05) is 0 Å². The summed E-state index contributed by atoms with van der Waals surface area (Å²) in [5.41, 5.74) is 2.21. The van der Waals surface area contributed by atoms with Crippen molar-refractivity contribution in [2.24, 2.45) is 0 Å². The highest BCUT2D eigenvalue weighted by Crippen LogP contribution is 2.17. The molecule has 0 aromatic carbocycles. The highest BCUT2D eigenvalue weighted by Gasteiger charge is 2.04. The van der Waals surface area contributed by atoms with E-state index in [-0.39, 0.29) is 0 Å². The number of aromatic nitrogens is 3. The van der Waals surface area contributed by atoms with Gasteiger partial charge in [0.15, 0.2) is 0 Å². The summed E-state index contributed by atoms with van der Waals surface area (Å²) in [6, 6.07) is 1.90. The van der Waals surface area contributed by atoms with Crippen molar-refractivity contribution in [3.63, 3.8) is 0 Å². The quantitative estimate of drug-likeness (QED) is 0.752. The van der Waals surface area contributed by atoms with Crippen LogP contribution in [-0.4, -0.2) is 14.8 Å². The topological polar surface area (TPSA) is 30.7 Å². The van der Waals surface area contributed by atoms with E-state index in [0.29, 0.717) is 0 Å². The lowest BCUT2D eigenvalue weighted by Gasteiger charge is -2.05. The van der Waals surface area contributed by atoms with Gasteiger partial charge in [-0.15, -0.1) is 0 Å². The molecule has 66 valence electrons. The van der Waals surface area contributed by atoms with Gasteiger partial charge in [-0.05, 0) is 41.1 Å². The van der Waals surface area contributed by atoms with Gasteiger partial charge < -0.3 is 0 Å². The summed E-state index contributed by atoms with van der Waals surface area (Å²) in [7, 11) is 0. The van der Waals surface area contributed by atoms with Crippen LogP contribution in [0.3, 0.4) is 0 Å². The van der Waals surface area contributed by atoms with Gasteiger partial charge in [0.1, 0.15) is 0 Å². The molecule has 0 saturated carbocycles. The Balaban J connectivity index is 2.59. The molecule has 3 nitrogen and oxygen atoms in total. The molecule has 4 heteroatoms. The molecule has 13 heavy (non-hydrogen) atoms. The Hall–Kier alpha value is -0.910. The highest BCUT2D eigenvalue weighted by molar-refractivity contribution is 14.1. The Bertz CT molecular complexity index is 409. The van der Waals surface area contributed by atoms with Gasteiger partial charge in [-0.25, -0.2) is 4.68 Å². The first kappa shape index (κ1) is 8.68. The summed E-state index contributed by atoms with van der Waals surface area (Å²) in [5.74, 6) is 0. The van der Waals surface area contributed by atoms with Crippen LogP contribution in [-0.2, 0) is 0 Å². The maximum Gasteiger partial charge on any atom is 0.0964 e. The fourth-order valence-electron chi connectivity index (χ4n) is 1.11. The molecule has 2 aromatic rings. The maximum atomic E-state index is 4.16. The lowest BCUT2D eigenvalue weighted by Crippen LogP contribution is -1.99. The minimum Gasteiger partial charge on any atom is -0.262 e. The van der Waals surface area contributed by atoms with E-state index in [4.69, 9.17) is 0 Å². The van der Waals surface area contributed by atoms with Crippen LogP contribution < -0.4 is 0 Å². The second-order valence-corrected chi connectivity index (χ2v) is 3.82. The minimum absolute atomic E-state index is 1.03. The van der Waals surface area contributed by atoms with Crippen LogP contribution in [0, 0.1) is 10.5 Å². The standard InChI is InChI=1S/C9H8IN3/c1-7-5-11-6-8(9(7)10)13-4-2-3-12-13/h2-6H,1H3. The third-order valence-corrected chi connectivity index (χ3v) is 3.19. The second kappa shape index (κ2) is 3.45. The zero-order valence-corrected chi connectivity index (χ0v) is 9.26. The van der Waals surface area contributed by atoms with Gasteiger partial charge in [0.2, 0.25) is 0 Å². The van der Waals surface area contributed by atoms with Crippen molar-refractivity contribution < 1.29 is 0 Å². The van der Waals surface area contributed by atoms with Gasteiger partial charge in [0.05, 0.1) is 11.9 Å². The van der Waals surface area contributed by atoms with Crippen LogP contribution in [0.2, 0.25) is 0 Å². The molecule has 0 aliphatic carbocycles. The first-order valence-corrected chi connectivity index (χ1v) is 4.97. The van der Waals surface area contributed by atoms with Gasteiger partial charge in [-0.2, -0.15) is 5.10 Å². The normalized spacial score (nSPS) is 10.3. The molecule has 0 unspecified atom stereocenters. The lowest BCUT2D eigenvalue weighted by atomic mass is 10.3. The van der Waals surface area contributed by atoms with Gasteiger partial charge in [-0.1, -0.05) is 0 Å². The van der Waals surface area contributed by atoms with E-state index in [9.17, 15) is 0 Å². The second-order valence-electron chi connectivity index (χ2n) is 2.74. The van der Waals surface area contributed by atoms with E-state index in [1.165, 1.54) is 9.13 Å². The van der Waals surface area contributed by atoms with E-state index in [1.54, 1.807) is 6.20 Å². The summed E-state index contributed by atoms with van der Waals surface area (Å²) in [6.07, 6.45) is 7.35. The highest BCUT2D eigenvalue weighted by atomic mass is 127. The van der Waals surface area contributed by atoms with Crippen LogP contribution in [0.4, 0.5) is 0 Å². The van der Waals surface area contributed by atoms with Crippen LogP contribution in [0.5, 0.6) is 0 Å². The van der Waals surface area contributed by atoms with Crippen molar-refractivity contribution in [2.45, 2.75) is 6.92 Å². The number of aryl methyl sites for hydroxylation is 1. The number of hydrogen-bond acceptors (Lipinski definition) is 2. The molecule has 0 atom stereocenters. The number of nitrogens with zero attached hydrogens (tertiary/aromatic N) is 3. The van der Waals surface area contributed by atoms with E-state index in [0.717, 1.165) is 5.69 Å². The van der Waals surface area contributed by atoms with Crippen LogP contribution in [0.25, 0.3) is 5.69 Å². The zero-order valence-electron chi connectivity index (χ0n) is 7.11. The van der Waals surface area contributed by atoms with Crippen LogP contribution >= 0.6 is 22.6 Å². The van der Waals surface area contributed by atoms with Crippen molar-refractivity contribution in [3.05, 3.63) is 40.0 Å². The van der Waals surface area contributed by atoms with Crippen molar-refractivity contribution in [1.82, 2.24) is 14.8 Å². The SMILES string of the molecule is Cc1cncc(-n2cccn2)c1I. The molecule has 0 bridgehead atoms. The molecule has 0 N–H and O–H groups in total. The smallest absolute Gasteiger partial charge is 0.0964 e. The molecule has 2 rings (SSSR count). The lowest BCUT2D eigenvalue weighted by molar-refractivity contribution is 0.866. The van der Waals surface area contributed by atoms with E-state index < -0.39 is 0 Å². The predicted molar refractivity (Wildman–Crippen MR) is 58.8 cm³/mol. The Morgan fingerprint density at radius 3 is 2.92 bits per heavy atom. The molecule has 0 fully saturated rings. The monoisotopic (exact) mass is 285 g/mol. The Kier molecular flexibility index (Phi) is 2.30. The van der Waals surface area contributed by atoms with Crippen LogP contribution in [0.1, 0.15) is 5.56 Å². The van der Waals surface area contributed by atoms with Crippen molar-refractivity contribution in [3.8, 4) is 5.69 Å². The number of hydrogen-bond donors (Lipinski definition) is 0. The average molecular weight is 285 g/mol. The number of pyridine rings is 1. The molecule has 0 aliphatic heterocycles. The maximum absolute atomic E-state index is 4.16. The summed E-state index contributed by atoms with van der Waals surface area (Å²) < 4.78 is 3.01. The van der Waals surface area contributed by atoms with Gasteiger partial charge in [0, 0.05) is 22.2 Å². The molecule has 2 aromatic heterocycles. The largest absolute Gasteiger partial charge is 0.262 e. The summed E-state index contributed by atoms with van der Waals surface area (Å²) in [5, 5.41) is 4.16. The summed E-state index contributed by atoms with van der Waals surface area (Å²) >= 11 is 2.31. The zero-order chi connectivity index (χ0) is 9.26. The first-order valence-electron chi connectivity index (χ1n) is 3.89. The van der Waals surface area contributed by atoms with E-state index in [2.05, 4.69) is 32.7 Å². The molecule has 2 heterocycles. The van der Waals surface area contributed by atoms with Crippen molar-refractivity contribution in [1.29, 1.82) is 0 Å². The summed E-state index contributed by atoms with van der Waals surface area (Å²) in [6.45, 7) is 2.04. The number of halogens is 1. The molecule has 0 amide bonds. The third kappa shape index (κ3) is 1.58.